The van der Waals surface area contributed by atoms with Gasteiger partial charge < -0.3 is 15.2 Å². The highest BCUT2D eigenvalue weighted by Gasteiger charge is 2.24. The highest BCUT2D eigenvalue weighted by atomic mass is 16.5. The van der Waals surface area contributed by atoms with E-state index >= 15 is 0 Å². The number of benzene rings is 1. The number of amides is 1. The van der Waals surface area contributed by atoms with Crippen molar-refractivity contribution in [3.05, 3.63) is 34.9 Å². The van der Waals surface area contributed by atoms with Gasteiger partial charge in [-0.1, -0.05) is 17.9 Å². The number of carbonyl (C=O) groups excluding carboxylic acids is 1. The second-order valence-corrected chi connectivity index (χ2v) is 5.30. The van der Waals surface area contributed by atoms with Crippen LogP contribution in [0.4, 0.5) is 0 Å². The van der Waals surface area contributed by atoms with Crippen LogP contribution in [0.25, 0.3) is 0 Å². The highest BCUT2D eigenvalue weighted by molar-refractivity contribution is 5.94. The zero-order valence-electron chi connectivity index (χ0n) is 12.5. The molecule has 2 unspecified atom stereocenters. The molecule has 2 N–H and O–H groups in total. The van der Waals surface area contributed by atoms with Crippen molar-refractivity contribution in [2.45, 2.75) is 38.8 Å². The Morgan fingerprint density at radius 2 is 2.38 bits per heavy atom. The van der Waals surface area contributed by atoms with Crippen LogP contribution in [-0.2, 0) is 4.74 Å². The molecule has 1 aliphatic heterocycles. The number of rotatable bonds is 3. The first-order valence-corrected chi connectivity index (χ1v) is 7.24. The predicted octanol–water partition coefficient (Wildman–Crippen LogP) is 1.64. The summed E-state index contributed by atoms with van der Waals surface area (Å²) in [5.41, 5.74) is 2.33. The summed E-state index contributed by atoms with van der Waals surface area (Å²) < 4.78 is 5.58. The normalized spacial score (nSPS) is 18.7. The first-order valence-electron chi connectivity index (χ1n) is 7.24. The fraction of sp³-hybridized carbons (Fsp3) is 0.471. The van der Waals surface area contributed by atoms with Crippen LogP contribution in [0.2, 0.25) is 0 Å². The van der Waals surface area contributed by atoms with Gasteiger partial charge in [0.1, 0.15) is 6.61 Å². The van der Waals surface area contributed by atoms with Crippen molar-refractivity contribution >= 4 is 5.91 Å². The van der Waals surface area contributed by atoms with Crippen LogP contribution < -0.4 is 5.32 Å². The van der Waals surface area contributed by atoms with Crippen molar-refractivity contribution in [3.8, 4) is 11.8 Å². The lowest BCUT2D eigenvalue weighted by atomic mass is 10.0. The summed E-state index contributed by atoms with van der Waals surface area (Å²) in [4.78, 5) is 12.3. The lowest BCUT2D eigenvalue weighted by Gasteiger charge is -2.20. The maximum absolute atomic E-state index is 12.3. The van der Waals surface area contributed by atoms with E-state index in [1.165, 1.54) is 0 Å². The molecular weight excluding hydrogens is 266 g/mol. The van der Waals surface area contributed by atoms with Gasteiger partial charge in [0.15, 0.2) is 0 Å². The molecule has 0 saturated carbocycles. The molecule has 0 radical (unpaired) electrons. The van der Waals surface area contributed by atoms with Crippen LogP contribution in [0.5, 0.6) is 0 Å². The van der Waals surface area contributed by atoms with E-state index in [4.69, 9.17) is 9.84 Å². The van der Waals surface area contributed by atoms with Gasteiger partial charge in [-0.2, -0.15) is 0 Å². The number of ether oxygens (including phenoxy) is 1. The van der Waals surface area contributed by atoms with Crippen molar-refractivity contribution in [1.82, 2.24) is 5.32 Å². The Morgan fingerprint density at radius 1 is 1.57 bits per heavy atom. The van der Waals surface area contributed by atoms with E-state index in [-0.39, 0.29) is 24.7 Å². The van der Waals surface area contributed by atoms with Crippen LogP contribution in [0, 0.1) is 18.8 Å². The van der Waals surface area contributed by atoms with Gasteiger partial charge in [-0.15, -0.1) is 0 Å². The molecule has 1 aliphatic rings. The minimum atomic E-state index is -0.189. The van der Waals surface area contributed by atoms with Gasteiger partial charge in [0.2, 0.25) is 0 Å². The Balaban J connectivity index is 2.08. The van der Waals surface area contributed by atoms with Gasteiger partial charge >= 0.3 is 0 Å². The van der Waals surface area contributed by atoms with Gasteiger partial charge in [0.25, 0.3) is 5.91 Å². The molecule has 1 amide bonds. The van der Waals surface area contributed by atoms with Crippen molar-refractivity contribution in [3.63, 3.8) is 0 Å². The number of hydrogen-bond donors (Lipinski definition) is 2. The summed E-state index contributed by atoms with van der Waals surface area (Å²) in [5.74, 6) is 5.35. The quantitative estimate of drug-likeness (QED) is 0.831. The maximum atomic E-state index is 12.3. The molecule has 2 rings (SSSR count). The third kappa shape index (κ3) is 4.07. The second-order valence-electron chi connectivity index (χ2n) is 5.30. The molecule has 1 aromatic carbocycles. The Labute approximate surface area is 125 Å². The molecule has 0 aromatic heterocycles. The van der Waals surface area contributed by atoms with E-state index in [0.717, 1.165) is 30.6 Å². The van der Waals surface area contributed by atoms with Crippen LogP contribution in [0.1, 0.15) is 41.3 Å². The van der Waals surface area contributed by atoms with Gasteiger partial charge in [0.05, 0.1) is 12.1 Å². The smallest absolute Gasteiger partial charge is 0.251 e. The minimum Gasteiger partial charge on any atom is -0.384 e. The number of nitrogens with one attached hydrogen (secondary N) is 1. The Hall–Kier alpha value is -1.83. The number of aliphatic hydroxyl groups is 1. The molecule has 4 nitrogen and oxygen atoms in total. The van der Waals surface area contributed by atoms with Crippen LogP contribution in [0.3, 0.4) is 0 Å². The minimum absolute atomic E-state index is 0.00622. The number of hydrogen-bond acceptors (Lipinski definition) is 3. The third-order valence-corrected chi connectivity index (χ3v) is 3.68. The Bertz CT molecular complexity index is 565. The Morgan fingerprint density at radius 3 is 3.05 bits per heavy atom. The second kappa shape index (κ2) is 7.26. The molecular formula is C17H21NO3. The standard InChI is InChI=1S/C17H21NO3/c1-12-7-8-15(11-14(12)5-3-9-19)17(20)18-13(2)16-6-4-10-21-16/h7-8,11,13,16,19H,4,6,9-10H2,1-2H3,(H,18,20). The topological polar surface area (TPSA) is 58.6 Å². The predicted molar refractivity (Wildman–Crippen MR) is 81.0 cm³/mol. The van der Waals surface area contributed by atoms with Gasteiger partial charge in [-0.3, -0.25) is 4.79 Å². The zero-order valence-corrected chi connectivity index (χ0v) is 12.5. The SMILES string of the molecule is Cc1ccc(C(=O)NC(C)C2CCCO2)cc1C#CCO. The lowest BCUT2D eigenvalue weighted by Crippen LogP contribution is -2.40. The molecule has 0 aliphatic carbocycles. The van der Waals surface area contributed by atoms with E-state index < -0.39 is 0 Å². The van der Waals surface area contributed by atoms with Crippen molar-refractivity contribution < 1.29 is 14.6 Å². The van der Waals surface area contributed by atoms with Crippen LogP contribution >= 0.6 is 0 Å². The van der Waals surface area contributed by atoms with E-state index in [9.17, 15) is 4.79 Å². The van der Waals surface area contributed by atoms with Gasteiger partial charge in [0, 0.05) is 17.7 Å². The summed E-state index contributed by atoms with van der Waals surface area (Å²) >= 11 is 0. The van der Waals surface area contributed by atoms with Crippen LogP contribution in [-0.4, -0.2) is 36.4 Å². The molecule has 2 atom stereocenters. The fourth-order valence-electron chi connectivity index (χ4n) is 2.41. The number of aryl methyl sites for hydroxylation is 1. The van der Waals surface area contributed by atoms with E-state index in [2.05, 4.69) is 17.2 Å². The molecule has 0 spiro atoms. The largest absolute Gasteiger partial charge is 0.384 e. The number of aliphatic hydroxyl groups excluding tert-OH is 1. The summed E-state index contributed by atoms with van der Waals surface area (Å²) in [7, 11) is 0. The monoisotopic (exact) mass is 287 g/mol. The zero-order chi connectivity index (χ0) is 15.2. The number of carbonyl (C=O) groups is 1. The Kier molecular flexibility index (Phi) is 5.38. The molecule has 1 saturated heterocycles. The molecule has 4 heteroatoms. The first kappa shape index (κ1) is 15.6. The third-order valence-electron chi connectivity index (χ3n) is 3.68. The summed E-state index contributed by atoms with van der Waals surface area (Å²) in [5, 5.41) is 11.7. The van der Waals surface area contributed by atoms with Crippen LogP contribution in [0.15, 0.2) is 18.2 Å². The van der Waals surface area contributed by atoms with Crippen molar-refractivity contribution in [2.75, 3.05) is 13.2 Å². The molecule has 0 bridgehead atoms. The molecule has 21 heavy (non-hydrogen) atoms. The molecule has 1 heterocycles. The summed E-state index contributed by atoms with van der Waals surface area (Å²) in [6, 6.07) is 5.41. The van der Waals surface area contributed by atoms with E-state index in [1.54, 1.807) is 12.1 Å². The van der Waals surface area contributed by atoms with Gasteiger partial charge in [-0.05, 0) is 44.4 Å². The van der Waals surface area contributed by atoms with Gasteiger partial charge in [-0.25, -0.2) is 0 Å². The molecule has 1 aromatic rings. The first-order chi connectivity index (χ1) is 10.1. The van der Waals surface area contributed by atoms with E-state index in [1.807, 2.05) is 19.9 Å². The van der Waals surface area contributed by atoms with Crippen molar-refractivity contribution in [1.29, 1.82) is 0 Å². The molecule has 1 fully saturated rings. The average molecular weight is 287 g/mol. The maximum Gasteiger partial charge on any atom is 0.251 e. The highest BCUT2D eigenvalue weighted by Crippen LogP contribution is 2.16. The average Bonchev–Trinajstić information content (AvgIpc) is 3.00. The van der Waals surface area contributed by atoms with Crippen molar-refractivity contribution in [2.24, 2.45) is 0 Å². The fourth-order valence-corrected chi connectivity index (χ4v) is 2.41. The summed E-state index contributed by atoms with van der Waals surface area (Å²) in [6.45, 7) is 4.48. The summed E-state index contributed by atoms with van der Waals surface area (Å²) in [6.07, 6.45) is 2.15. The molecule has 112 valence electrons. The lowest BCUT2D eigenvalue weighted by molar-refractivity contribution is 0.0712. The van der Waals surface area contributed by atoms with E-state index in [0.29, 0.717) is 5.56 Å².